The van der Waals surface area contributed by atoms with Gasteiger partial charge in [-0.15, -0.1) is 11.3 Å². The molecule has 0 aliphatic heterocycles. The molecular formula is C12H15N3O2S. The quantitative estimate of drug-likeness (QED) is 0.840. The third-order valence-corrected chi connectivity index (χ3v) is 4.22. The van der Waals surface area contributed by atoms with E-state index in [1.165, 1.54) is 31.3 Å². The molecular weight excluding hydrogens is 250 g/mol. The van der Waals surface area contributed by atoms with E-state index in [0.717, 1.165) is 11.5 Å². The molecule has 0 spiro atoms. The van der Waals surface area contributed by atoms with Crippen LogP contribution in [0.5, 0.6) is 0 Å². The highest BCUT2D eigenvalue weighted by Gasteiger charge is 2.28. The first kappa shape index (κ1) is 12.7. The molecule has 1 fully saturated rings. The monoisotopic (exact) mass is 265 g/mol. The molecule has 1 aliphatic rings. The van der Waals surface area contributed by atoms with E-state index in [9.17, 15) is 4.79 Å². The molecule has 5 nitrogen and oxygen atoms in total. The molecule has 1 heterocycles. The molecule has 96 valence electrons. The first-order chi connectivity index (χ1) is 8.58. The molecule has 0 radical (unpaired) electrons. The average Bonchev–Trinajstić information content (AvgIpc) is 3.10. The summed E-state index contributed by atoms with van der Waals surface area (Å²) in [4.78, 5) is 14.1. The van der Waals surface area contributed by atoms with Crippen LogP contribution >= 0.6 is 11.3 Å². The first-order valence-electron chi connectivity index (χ1n) is 5.70. The molecule has 1 saturated carbocycles. The van der Waals surface area contributed by atoms with Crippen LogP contribution in [0.4, 0.5) is 10.7 Å². The van der Waals surface area contributed by atoms with Crippen molar-refractivity contribution in [1.29, 1.82) is 5.26 Å². The highest BCUT2D eigenvalue weighted by molar-refractivity contribution is 7.17. The summed E-state index contributed by atoms with van der Waals surface area (Å²) in [6.45, 7) is 0.884. The maximum absolute atomic E-state index is 11.8. The smallest absolute Gasteiger partial charge is 0.343 e. The molecule has 6 heteroatoms. The van der Waals surface area contributed by atoms with Crippen molar-refractivity contribution in [3.05, 3.63) is 10.4 Å². The molecule has 2 rings (SSSR count). The molecule has 0 saturated heterocycles. The lowest BCUT2D eigenvalue weighted by molar-refractivity contribution is 0.0603. The third kappa shape index (κ3) is 2.27. The molecule has 0 unspecified atom stereocenters. The van der Waals surface area contributed by atoms with Crippen molar-refractivity contribution in [3.63, 3.8) is 0 Å². The molecule has 1 aromatic rings. The van der Waals surface area contributed by atoms with Crippen LogP contribution in [0.2, 0.25) is 0 Å². The second kappa shape index (κ2) is 4.86. The lowest BCUT2D eigenvalue weighted by atomic mass is 10.2. The number of nitrogens with zero attached hydrogens (tertiary/aromatic N) is 2. The van der Waals surface area contributed by atoms with Gasteiger partial charge in [0.15, 0.2) is 0 Å². The number of nitrogen functional groups attached to an aromatic ring is 1. The molecule has 0 atom stereocenters. The second-order valence-corrected chi connectivity index (χ2v) is 5.45. The van der Waals surface area contributed by atoms with Gasteiger partial charge in [0.05, 0.1) is 12.8 Å². The summed E-state index contributed by atoms with van der Waals surface area (Å²) in [5, 5.41) is 9.72. The zero-order valence-corrected chi connectivity index (χ0v) is 11.2. The number of hydrogen-bond donors (Lipinski definition) is 1. The first-order valence-corrected chi connectivity index (χ1v) is 6.52. The van der Waals surface area contributed by atoms with Crippen LogP contribution in [0.3, 0.4) is 0 Å². The zero-order valence-electron chi connectivity index (χ0n) is 10.4. The number of ether oxygens (including phenoxy) is 1. The number of methoxy groups -OCH3 is 1. The second-order valence-electron chi connectivity index (χ2n) is 4.45. The average molecular weight is 265 g/mol. The molecule has 1 aromatic heterocycles. The Morgan fingerprint density at radius 3 is 2.83 bits per heavy atom. The van der Waals surface area contributed by atoms with Gasteiger partial charge >= 0.3 is 5.97 Å². The predicted octanol–water partition coefficient (Wildman–Crippen LogP) is 1.83. The maximum atomic E-state index is 11.8. The number of esters is 1. The van der Waals surface area contributed by atoms with Crippen molar-refractivity contribution in [2.75, 3.05) is 31.3 Å². The number of carbonyl (C=O) groups is 1. The lowest BCUT2D eigenvalue weighted by Gasteiger charge is -2.18. The van der Waals surface area contributed by atoms with Crippen molar-refractivity contribution in [1.82, 2.24) is 0 Å². The van der Waals surface area contributed by atoms with Crippen LogP contribution < -0.4 is 10.6 Å². The minimum atomic E-state index is -0.483. The minimum absolute atomic E-state index is 0.229. The fraction of sp³-hybridized carbons (Fsp3) is 0.500. The Balaban J connectivity index is 2.37. The minimum Gasteiger partial charge on any atom is -0.465 e. The van der Waals surface area contributed by atoms with Crippen LogP contribution in [0.1, 0.15) is 28.1 Å². The largest absolute Gasteiger partial charge is 0.465 e. The summed E-state index contributed by atoms with van der Waals surface area (Å²) in [7, 11) is 3.23. The van der Waals surface area contributed by atoms with Crippen LogP contribution in [0.25, 0.3) is 0 Å². The summed E-state index contributed by atoms with van der Waals surface area (Å²) in [6.07, 6.45) is 2.45. The zero-order chi connectivity index (χ0) is 13.3. The van der Waals surface area contributed by atoms with Crippen LogP contribution in [-0.4, -0.2) is 26.7 Å². The third-order valence-electron chi connectivity index (χ3n) is 2.99. The lowest BCUT2D eigenvalue weighted by Crippen LogP contribution is -2.21. The Bertz CT molecular complexity index is 514. The van der Waals surface area contributed by atoms with Crippen molar-refractivity contribution in [3.8, 4) is 6.07 Å². The van der Waals surface area contributed by atoms with Crippen molar-refractivity contribution >= 4 is 28.0 Å². The van der Waals surface area contributed by atoms with Gasteiger partial charge in [-0.05, 0) is 18.8 Å². The van der Waals surface area contributed by atoms with Gasteiger partial charge in [0, 0.05) is 13.6 Å². The fourth-order valence-corrected chi connectivity index (χ4v) is 2.83. The van der Waals surface area contributed by atoms with Gasteiger partial charge in [-0.2, -0.15) is 5.26 Å². The van der Waals surface area contributed by atoms with Crippen molar-refractivity contribution in [2.45, 2.75) is 12.8 Å². The Morgan fingerprint density at radius 1 is 1.67 bits per heavy atom. The number of carbonyl (C=O) groups excluding carboxylic acids is 1. The van der Waals surface area contributed by atoms with E-state index in [1.807, 2.05) is 18.0 Å². The molecule has 0 amide bonds. The number of nitriles is 1. The van der Waals surface area contributed by atoms with Gasteiger partial charge in [0.2, 0.25) is 0 Å². The highest BCUT2D eigenvalue weighted by atomic mass is 32.1. The standard InChI is InChI=1S/C12H15N3O2S/c1-15(6-7-3-4-7)11-9(12(16)17-2)10(14)8(5-13)18-11/h7H,3-4,6,14H2,1-2H3. The molecule has 18 heavy (non-hydrogen) atoms. The summed E-state index contributed by atoms with van der Waals surface area (Å²) >= 11 is 1.25. The predicted molar refractivity (Wildman–Crippen MR) is 70.8 cm³/mol. The number of hydrogen-bond acceptors (Lipinski definition) is 6. The summed E-state index contributed by atoms with van der Waals surface area (Å²) in [6, 6.07) is 2.02. The molecule has 0 aromatic carbocycles. The van der Waals surface area contributed by atoms with E-state index in [2.05, 4.69) is 0 Å². The van der Waals surface area contributed by atoms with Crippen LogP contribution in [-0.2, 0) is 4.74 Å². The van der Waals surface area contributed by atoms with E-state index < -0.39 is 5.97 Å². The molecule has 0 bridgehead atoms. The normalized spacial score (nSPS) is 14.1. The SMILES string of the molecule is COC(=O)c1c(N(C)CC2CC2)sc(C#N)c1N. The molecule has 2 N–H and O–H groups in total. The van der Waals surface area contributed by atoms with Gasteiger partial charge < -0.3 is 15.4 Å². The number of rotatable bonds is 4. The van der Waals surface area contributed by atoms with Gasteiger partial charge in [-0.1, -0.05) is 0 Å². The maximum Gasteiger partial charge on any atom is 0.343 e. The van der Waals surface area contributed by atoms with Crippen LogP contribution in [0.15, 0.2) is 0 Å². The van der Waals surface area contributed by atoms with Crippen LogP contribution in [0, 0.1) is 17.2 Å². The highest BCUT2D eigenvalue weighted by Crippen LogP contribution is 2.40. The van der Waals surface area contributed by atoms with E-state index >= 15 is 0 Å². The fourth-order valence-electron chi connectivity index (χ4n) is 1.85. The Labute approximate surface area is 110 Å². The van der Waals surface area contributed by atoms with Crippen molar-refractivity contribution in [2.24, 2.45) is 5.92 Å². The van der Waals surface area contributed by atoms with Gasteiger partial charge in [-0.3, -0.25) is 0 Å². The summed E-state index contributed by atoms with van der Waals surface area (Å²) in [5.41, 5.74) is 6.39. The van der Waals surface area contributed by atoms with E-state index in [0.29, 0.717) is 16.4 Å². The topological polar surface area (TPSA) is 79.3 Å². The summed E-state index contributed by atoms with van der Waals surface area (Å²) in [5.74, 6) is 0.206. The Hall–Kier alpha value is -1.74. The van der Waals surface area contributed by atoms with Gasteiger partial charge in [0.1, 0.15) is 21.5 Å². The van der Waals surface area contributed by atoms with E-state index in [-0.39, 0.29) is 5.69 Å². The van der Waals surface area contributed by atoms with Gasteiger partial charge in [0.25, 0.3) is 0 Å². The van der Waals surface area contributed by atoms with E-state index in [1.54, 1.807) is 0 Å². The number of anilines is 2. The number of thiophene rings is 1. The summed E-state index contributed by atoms with van der Waals surface area (Å²) < 4.78 is 4.74. The number of nitrogens with two attached hydrogens (primary N) is 1. The van der Waals surface area contributed by atoms with E-state index in [4.69, 9.17) is 15.7 Å². The Morgan fingerprint density at radius 2 is 2.33 bits per heavy atom. The molecule has 1 aliphatic carbocycles. The Kier molecular flexibility index (Phi) is 3.43. The van der Waals surface area contributed by atoms with Crippen molar-refractivity contribution < 1.29 is 9.53 Å². The van der Waals surface area contributed by atoms with Gasteiger partial charge in [-0.25, -0.2) is 4.79 Å².